The number of ether oxygens (including phenoxy) is 1. The van der Waals surface area contributed by atoms with Crippen molar-refractivity contribution in [3.05, 3.63) is 24.3 Å². The minimum absolute atomic E-state index is 0.0432. The molecule has 22 heavy (non-hydrogen) atoms. The van der Waals surface area contributed by atoms with Crippen LogP contribution in [0.4, 0.5) is 0 Å². The maximum Gasteiger partial charge on any atom is 0.260 e. The monoisotopic (exact) mass is 306 g/mol. The number of nitrogens with zero attached hydrogens (tertiary/aromatic N) is 2. The molecule has 1 amide bonds. The van der Waals surface area contributed by atoms with Gasteiger partial charge in [0.25, 0.3) is 5.91 Å². The van der Waals surface area contributed by atoms with E-state index >= 15 is 0 Å². The number of likely N-dealkylation sites (N-methyl/N-ethyl adjacent to an activating group) is 1. The summed E-state index contributed by atoms with van der Waals surface area (Å²) >= 11 is 0. The van der Waals surface area contributed by atoms with Crippen molar-refractivity contribution in [3.63, 3.8) is 0 Å². The largest absolute Gasteiger partial charge is 0.504 e. The molecular formula is C17H26N2O3. The molecule has 0 unspecified atom stereocenters. The van der Waals surface area contributed by atoms with Gasteiger partial charge < -0.3 is 19.6 Å². The molecule has 0 spiro atoms. The molecule has 0 radical (unpaired) electrons. The van der Waals surface area contributed by atoms with Crippen LogP contribution in [0.3, 0.4) is 0 Å². The highest BCUT2D eigenvalue weighted by atomic mass is 16.5. The molecule has 0 aliphatic carbocycles. The molecule has 1 heterocycles. The van der Waals surface area contributed by atoms with E-state index in [1.807, 2.05) is 7.05 Å². The Balaban J connectivity index is 1.81. The summed E-state index contributed by atoms with van der Waals surface area (Å²) < 4.78 is 5.42. The van der Waals surface area contributed by atoms with E-state index in [1.54, 1.807) is 29.2 Å². The molecule has 0 aromatic heterocycles. The number of phenolic OH excluding ortho intramolecular Hbond substituents is 1. The Labute approximate surface area is 132 Å². The lowest BCUT2D eigenvalue weighted by Crippen LogP contribution is -2.48. The lowest BCUT2D eigenvalue weighted by molar-refractivity contribution is -0.135. The molecule has 122 valence electrons. The zero-order valence-electron chi connectivity index (χ0n) is 13.7. The van der Waals surface area contributed by atoms with Crippen LogP contribution in [-0.2, 0) is 4.79 Å². The summed E-state index contributed by atoms with van der Waals surface area (Å²) in [7, 11) is 1.84. The summed E-state index contributed by atoms with van der Waals surface area (Å²) in [5, 5.41) is 9.64. The number of aromatic hydroxyl groups is 1. The minimum atomic E-state index is -0.0498. The Bertz CT molecular complexity index is 496. The SMILES string of the molecule is CC(C)N1CCC(N(C)C(=O)COc2ccccc2O)CC1. The van der Waals surface area contributed by atoms with E-state index in [-0.39, 0.29) is 24.3 Å². The highest BCUT2D eigenvalue weighted by molar-refractivity contribution is 5.77. The predicted octanol–water partition coefficient (Wildman–Crippen LogP) is 2.10. The van der Waals surface area contributed by atoms with Crippen LogP contribution in [0.5, 0.6) is 11.5 Å². The summed E-state index contributed by atoms with van der Waals surface area (Å²) in [6.07, 6.45) is 1.99. The van der Waals surface area contributed by atoms with E-state index in [2.05, 4.69) is 18.7 Å². The van der Waals surface area contributed by atoms with Crippen molar-refractivity contribution in [2.24, 2.45) is 0 Å². The summed E-state index contributed by atoms with van der Waals surface area (Å²) in [5.74, 6) is 0.355. The fourth-order valence-electron chi connectivity index (χ4n) is 2.81. The lowest BCUT2D eigenvalue weighted by Gasteiger charge is -2.38. The number of carbonyl (C=O) groups is 1. The summed E-state index contributed by atoms with van der Waals surface area (Å²) in [6.45, 7) is 6.42. The van der Waals surface area contributed by atoms with Crippen molar-refractivity contribution in [2.75, 3.05) is 26.7 Å². The average Bonchev–Trinajstić information content (AvgIpc) is 2.53. The number of likely N-dealkylation sites (tertiary alicyclic amines) is 1. The van der Waals surface area contributed by atoms with Crippen LogP contribution in [0, 0.1) is 0 Å². The van der Waals surface area contributed by atoms with Gasteiger partial charge >= 0.3 is 0 Å². The van der Waals surface area contributed by atoms with Gasteiger partial charge in [-0.2, -0.15) is 0 Å². The average molecular weight is 306 g/mol. The summed E-state index contributed by atoms with van der Waals surface area (Å²) in [5.41, 5.74) is 0. The van der Waals surface area contributed by atoms with Gasteiger partial charge in [0.15, 0.2) is 18.1 Å². The van der Waals surface area contributed by atoms with Gasteiger partial charge in [-0.15, -0.1) is 0 Å². The normalized spacial score (nSPS) is 16.7. The van der Waals surface area contributed by atoms with Crippen LogP contribution in [0.2, 0.25) is 0 Å². The molecule has 1 aromatic rings. The molecule has 1 saturated heterocycles. The second kappa shape index (κ2) is 7.49. The molecule has 2 rings (SSSR count). The third-order valence-corrected chi connectivity index (χ3v) is 4.39. The van der Waals surface area contributed by atoms with Gasteiger partial charge in [0.2, 0.25) is 0 Å². The van der Waals surface area contributed by atoms with Crippen molar-refractivity contribution in [1.29, 1.82) is 0 Å². The third-order valence-electron chi connectivity index (χ3n) is 4.39. The molecule has 1 N–H and O–H groups in total. The number of hydrogen-bond acceptors (Lipinski definition) is 4. The topological polar surface area (TPSA) is 53.0 Å². The zero-order chi connectivity index (χ0) is 16.1. The van der Waals surface area contributed by atoms with Crippen LogP contribution < -0.4 is 4.74 Å². The highest BCUT2D eigenvalue weighted by Gasteiger charge is 2.26. The summed E-state index contributed by atoms with van der Waals surface area (Å²) in [6, 6.07) is 7.53. The van der Waals surface area contributed by atoms with E-state index in [4.69, 9.17) is 4.74 Å². The Hall–Kier alpha value is -1.75. The molecule has 5 heteroatoms. The number of hydrogen-bond donors (Lipinski definition) is 1. The number of para-hydroxylation sites is 2. The Kier molecular flexibility index (Phi) is 5.66. The van der Waals surface area contributed by atoms with Gasteiger partial charge in [0.1, 0.15) is 0 Å². The number of phenols is 1. The third kappa shape index (κ3) is 4.13. The first-order chi connectivity index (χ1) is 10.5. The number of carbonyl (C=O) groups excluding carboxylic acids is 1. The van der Waals surface area contributed by atoms with E-state index in [0.717, 1.165) is 25.9 Å². The van der Waals surface area contributed by atoms with Gasteiger partial charge in [-0.05, 0) is 38.8 Å². The van der Waals surface area contributed by atoms with Crippen LogP contribution in [-0.4, -0.2) is 59.6 Å². The first-order valence-electron chi connectivity index (χ1n) is 7.89. The Morgan fingerprint density at radius 1 is 1.36 bits per heavy atom. The number of rotatable bonds is 5. The molecular weight excluding hydrogens is 280 g/mol. The first kappa shape index (κ1) is 16.6. The van der Waals surface area contributed by atoms with Gasteiger partial charge in [-0.1, -0.05) is 12.1 Å². The van der Waals surface area contributed by atoms with Crippen molar-refractivity contribution >= 4 is 5.91 Å². The second-order valence-electron chi connectivity index (χ2n) is 6.12. The van der Waals surface area contributed by atoms with Gasteiger partial charge in [-0.3, -0.25) is 4.79 Å². The number of benzene rings is 1. The smallest absolute Gasteiger partial charge is 0.260 e. The molecule has 0 atom stereocenters. The highest BCUT2D eigenvalue weighted by Crippen LogP contribution is 2.24. The minimum Gasteiger partial charge on any atom is -0.504 e. The van der Waals surface area contributed by atoms with E-state index in [9.17, 15) is 9.90 Å². The van der Waals surface area contributed by atoms with Crippen molar-refractivity contribution in [1.82, 2.24) is 9.80 Å². The summed E-state index contributed by atoms with van der Waals surface area (Å²) in [4.78, 5) is 16.5. The van der Waals surface area contributed by atoms with Gasteiger partial charge in [0.05, 0.1) is 0 Å². The van der Waals surface area contributed by atoms with Gasteiger partial charge in [0, 0.05) is 32.2 Å². The molecule has 1 aliphatic rings. The fourth-order valence-corrected chi connectivity index (χ4v) is 2.81. The molecule has 1 aliphatic heterocycles. The lowest BCUT2D eigenvalue weighted by atomic mass is 10.0. The fraction of sp³-hybridized carbons (Fsp3) is 0.588. The van der Waals surface area contributed by atoms with Crippen LogP contribution >= 0.6 is 0 Å². The maximum absolute atomic E-state index is 12.2. The standard InChI is InChI=1S/C17H26N2O3/c1-13(2)19-10-8-14(9-11-19)18(3)17(21)12-22-16-7-5-4-6-15(16)20/h4-7,13-14,20H,8-12H2,1-3H3. The number of piperidine rings is 1. The number of amides is 1. The maximum atomic E-state index is 12.2. The molecule has 0 saturated carbocycles. The second-order valence-corrected chi connectivity index (χ2v) is 6.12. The van der Waals surface area contributed by atoms with Crippen molar-refractivity contribution in [2.45, 2.75) is 38.8 Å². The molecule has 5 nitrogen and oxygen atoms in total. The van der Waals surface area contributed by atoms with E-state index < -0.39 is 0 Å². The van der Waals surface area contributed by atoms with E-state index in [0.29, 0.717) is 11.8 Å². The Morgan fingerprint density at radius 2 is 2.00 bits per heavy atom. The Morgan fingerprint density at radius 3 is 2.59 bits per heavy atom. The van der Waals surface area contributed by atoms with Crippen molar-refractivity contribution < 1.29 is 14.6 Å². The molecule has 1 fully saturated rings. The molecule has 0 bridgehead atoms. The van der Waals surface area contributed by atoms with Crippen LogP contribution in [0.15, 0.2) is 24.3 Å². The van der Waals surface area contributed by atoms with Crippen LogP contribution in [0.25, 0.3) is 0 Å². The zero-order valence-corrected chi connectivity index (χ0v) is 13.7. The van der Waals surface area contributed by atoms with Crippen LogP contribution in [0.1, 0.15) is 26.7 Å². The van der Waals surface area contributed by atoms with Gasteiger partial charge in [-0.25, -0.2) is 0 Å². The van der Waals surface area contributed by atoms with Crippen molar-refractivity contribution in [3.8, 4) is 11.5 Å². The van der Waals surface area contributed by atoms with E-state index in [1.165, 1.54) is 0 Å². The quantitative estimate of drug-likeness (QED) is 0.905. The predicted molar refractivity (Wildman–Crippen MR) is 86.1 cm³/mol. The molecule has 1 aromatic carbocycles. The first-order valence-corrected chi connectivity index (χ1v) is 7.89.